The lowest BCUT2D eigenvalue weighted by Crippen LogP contribution is -2.41. The Morgan fingerprint density at radius 2 is 2.00 bits per heavy atom. The molecule has 5 rings (SSSR count). The van der Waals surface area contributed by atoms with E-state index in [1.165, 1.54) is 25.5 Å². The molecule has 2 heterocycles. The van der Waals surface area contributed by atoms with Crippen molar-refractivity contribution in [2.75, 3.05) is 19.4 Å². The maximum absolute atomic E-state index is 13.0. The first-order valence-electron chi connectivity index (χ1n) is 10.8. The minimum absolute atomic E-state index is 0.0300. The summed E-state index contributed by atoms with van der Waals surface area (Å²) in [7, 11) is 3.10. The van der Waals surface area contributed by atoms with Gasteiger partial charge < -0.3 is 25.4 Å². The Labute approximate surface area is 197 Å². The number of carbonyl (C=O) groups is 1. The second-order valence-electron chi connectivity index (χ2n) is 8.65. The predicted octanol–water partition coefficient (Wildman–Crippen LogP) is 1.32. The van der Waals surface area contributed by atoms with E-state index < -0.39 is 35.4 Å². The fourth-order valence-electron chi connectivity index (χ4n) is 5.05. The molecule has 1 amide bonds. The van der Waals surface area contributed by atoms with Crippen molar-refractivity contribution in [2.24, 2.45) is 11.3 Å². The Hall–Kier alpha value is -3.69. The van der Waals surface area contributed by atoms with Crippen molar-refractivity contribution in [2.45, 2.75) is 30.8 Å². The number of nitrogens with zero attached hydrogens (tertiary/aromatic N) is 4. The molecular formula is C23H21F3N6O3. The van der Waals surface area contributed by atoms with Crippen LogP contribution in [0.25, 0.3) is 11.2 Å². The monoisotopic (exact) mass is 486 g/mol. The van der Waals surface area contributed by atoms with E-state index in [-0.39, 0.29) is 23.2 Å². The molecule has 0 aliphatic heterocycles. The highest BCUT2D eigenvalue weighted by molar-refractivity contribution is 5.88. The van der Waals surface area contributed by atoms with Gasteiger partial charge >= 0.3 is 6.18 Å². The number of nitrogens with one attached hydrogen (secondary N) is 2. The molecular weight excluding hydrogens is 465 g/mol. The Morgan fingerprint density at radius 3 is 2.69 bits per heavy atom. The van der Waals surface area contributed by atoms with Crippen LogP contribution in [0, 0.1) is 23.2 Å². The van der Waals surface area contributed by atoms with Gasteiger partial charge in [0.1, 0.15) is 6.10 Å². The normalized spacial score (nSPS) is 27.2. The molecule has 2 aromatic heterocycles. The van der Waals surface area contributed by atoms with Crippen molar-refractivity contribution < 1.29 is 28.2 Å². The van der Waals surface area contributed by atoms with Gasteiger partial charge in [0.25, 0.3) is 0 Å². The molecule has 2 aliphatic carbocycles. The molecule has 4 N–H and O–H groups in total. The summed E-state index contributed by atoms with van der Waals surface area (Å²) < 4.78 is 40.6. The molecule has 182 valence electrons. The first kappa shape index (κ1) is 23.1. The van der Waals surface area contributed by atoms with Gasteiger partial charge in [0.2, 0.25) is 11.7 Å². The standard InChI is InChI=1S/C23H21F3N6O3/c1-27-19-15-20(31-14(30-19)7-6-11-4-3-5-12(8-11)23(24,25)26)32(10-29-15)16-13-9-22(13,21(35)28-2)18(34)17(16)33/h3-5,8,10,13,16-18,33-34H,9H2,1-2H3,(H,28,35)(H,27,30,31)/t13?,16-,17?,18+,22-/m1/s1. The minimum Gasteiger partial charge on any atom is -0.389 e. The van der Waals surface area contributed by atoms with Gasteiger partial charge in [0.15, 0.2) is 17.0 Å². The first-order chi connectivity index (χ1) is 16.6. The van der Waals surface area contributed by atoms with Crippen LogP contribution in [-0.4, -0.2) is 61.9 Å². The summed E-state index contributed by atoms with van der Waals surface area (Å²) in [5.74, 6) is 5.06. The molecule has 3 aromatic rings. The molecule has 5 atom stereocenters. The zero-order chi connectivity index (χ0) is 25.1. The SMILES string of the molecule is CNC(=O)[C@]12CC1[C@@H](n1cnc3c(NC)nc(C#Cc4cccc(C(F)(F)F)c4)nc31)C(O)[C@@H]2O. The van der Waals surface area contributed by atoms with Gasteiger partial charge in [0, 0.05) is 25.6 Å². The number of hydrogen-bond acceptors (Lipinski definition) is 7. The number of benzene rings is 1. The molecule has 35 heavy (non-hydrogen) atoms. The van der Waals surface area contributed by atoms with E-state index in [1.54, 1.807) is 11.6 Å². The molecule has 2 saturated carbocycles. The van der Waals surface area contributed by atoms with E-state index in [4.69, 9.17) is 0 Å². The quantitative estimate of drug-likeness (QED) is 0.412. The molecule has 12 heteroatoms. The lowest BCUT2D eigenvalue weighted by molar-refractivity contribution is -0.137. The largest absolute Gasteiger partial charge is 0.416 e. The molecule has 2 aliphatic rings. The summed E-state index contributed by atoms with van der Waals surface area (Å²) in [6, 6.07) is 3.97. The van der Waals surface area contributed by atoms with E-state index >= 15 is 0 Å². The van der Waals surface area contributed by atoms with Crippen LogP contribution in [0.2, 0.25) is 0 Å². The fraction of sp³-hybridized carbons (Fsp3) is 0.391. The van der Waals surface area contributed by atoms with Gasteiger partial charge in [0.05, 0.1) is 29.5 Å². The molecule has 0 radical (unpaired) electrons. The number of alkyl halides is 3. The number of hydrogen-bond donors (Lipinski definition) is 4. The lowest BCUT2D eigenvalue weighted by atomic mass is 9.98. The van der Waals surface area contributed by atoms with Crippen molar-refractivity contribution in [1.29, 1.82) is 0 Å². The number of fused-ring (bicyclic) bond motifs is 2. The highest BCUT2D eigenvalue weighted by Gasteiger charge is 2.75. The summed E-state index contributed by atoms with van der Waals surface area (Å²) in [4.78, 5) is 25.5. The number of halogens is 3. The van der Waals surface area contributed by atoms with Gasteiger partial charge in [-0.15, -0.1) is 0 Å². The number of imidazole rings is 1. The van der Waals surface area contributed by atoms with Crippen molar-refractivity contribution >= 4 is 22.9 Å². The van der Waals surface area contributed by atoms with Crippen molar-refractivity contribution in [1.82, 2.24) is 24.8 Å². The Kier molecular flexibility index (Phi) is 5.23. The molecule has 0 bridgehead atoms. The van der Waals surface area contributed by atoms with Crippen LogP contribution in [0.3, 0.4) is 0 Å². The number of aliphatic hydroxyl groups excluding tert-OH is 2. The van der Waals surface area contributed by atoms with Crippen LogP contribution in [0.5, 0.6) is 0 Å². The maximum Gasteiger partial charge on any atom is 0.416 e. The second-order valence-corrected chi connectivity index (χ2v) is 8.65. The Morgan fingerprint density at radius 1 is 1.23 bits per heavy atom. The zero-order valence-electron chi connectivity index (χ0n) is 18.6. The smallest absolute Gasteiger partial charge is 0.389 e. The summed E-state index contributed by atoms with van der Waals surface area (Å²) in [5.41, 5.74) is -1.04. The Bertz CT molecular complexity index is 1390. The average Bonchev–Trinajstić information content (AvgIpc) is 3.38. The van der Waals surface area contributed by atoms with Crippen LogP contribution in [0.4, 0.5) is 19.0 Å². The van der Waals surface area contributed by atoms with Gasteiger partial charge in [-0.2, -0.15) is 13.2 Å². The Balaban J connectivity index is 1.55. The third kappa shape index (κ3) is 3.50. The summed E-state index contributed by atoms with van der Waals surface area (Å²) in [6.45, 7) is 0. The maximum atomic E-state index is 13.0. The van der Waals surface area contributed by atoms with Crippen molar-refractivity contribution in [3.63, 3.8) is 0 Å². The van der Waals surface area contributed by atoms with Crippen LogP contribution in [0.15, 0.2) is 30.6 Å². The summed E-state index contributed by atoms with van der Waals surface area (Å²) in [5, 5.41) is 26.9. The number of rotatable bonds is 3. The number of anilines is 1. The van der Waals surface area contributed by atoms with E-state index in [2.05, 4.69) is 37.4 Å². The van der Waals surface area contributed by atoms with Gasteiger partial charge in [-0.1, -0.05) is 12.0 Å². The molecule has 2 unspecified atom stereocenters. The lowest BCUT2D eigenvalue weighted by Gasteiger charge is -2.23. The highest BCUT2D eigenvalue weighted by atomic mass is 19.4. The van der Waals surface area contributed by atoms with Gasteiger partial charge in [-0.05, 0) is 30.5 Å². The topological polar surface area (TPSA) is 125 Å². The highest BCUT2D eigenvalue weighted by Crippen LogP contribution is 2.67. The third-order valence-corrected chi connectivity index (χ3v) is 6.81. The van der Waals surface area contributed by atoms with E-state index in [9.17, 15) is 28.2 Å². The van der Waals surface area contributed by atoms with Crippen LogP contribution < -0.4 is 10.6 Å². The number of carbonyl (C=O) groups excluding carboxylic acids is 1. The molecule has 9 nitrogen and oxygen atoms in total. The molecule has 0 saturated heterocycles. The molecule has 2 fully saturated rings. The number of aromatic nitrogens is 4. The van der Waals surface area contributed by atoms with Crippen LogP contribution in [0.1, 0.15) is 29.4 Å². The van der Waals surface area contributed by atoms with Crippen molar-refractivity contribution in [3.05, 3.63) is 47.5 Å². The third-order valence-electron chi connectivity index (χ3n) is 6.81. The van der Waals surface area contributed by atoms with Crippen LogP contribution in [-0.2, 0) is 11.0 Å². The fourth-order valence-corrected chi connectivity index (χ4v) is 5.05. The average molecular weight is 486 g/mol. The first-order valence-corrected chi connectivity index (χ1v) is 10.8. The van der Waals surface area contributed by atoms with E-state index in [0.717, 1.165) is 12.1 Å². The van der Waals surface area contributed by atoms with Gasteiger partial charge in [-0.25, -0.2) is 15.0 Å². The van der Waals surface area contributed by atoms with Gasteiger partial charge in [-0.3, -0.25) is 4.79 Å². The predicted molar refractivity (Wildman–Crippen MR) is 118 cm³/mol. The second kappa shape index (κ2) is 7.93. The van der Waals surface area contributed by atoms with Crippen molar-refractivity contribution in [3.8, 4) is 11.8 Å². The zero-order valence-corrected chi connectivity index (χ0v) is 18.6. The number of aliphatic hydroxyl groups is 2. The molecule has 0 spiro atoms. The van der Waals surface area contributed by atoms with E-state index in [1.807, 2.05) is 0 Å². The molecule has 1 aromatic carbocycles. The summed E-state index contributed by atoms with van der Waals surface area (Å²) >= 11 is 0. The number of amides is 1. The summed E-state index contributed by atoms with van der Waals surface area (Å²) in [6.07, 6.45) is -5.10. The van der Waals surface area contributed by atoms with Crippen LogP contribution >= 0.6 is 0 Å². The van der Waals surface area contributed by atoms with E-state index in [0.29, 0.717) is 23.4 Å². The minimum atomic E-state index is -4.49.